The largest absolute Gasteiger partial charge is 0.493 e. The van der Waals surface area contributed by atoms with E-state index in [1.807, 2.05) is 0 Å². The Hall–Kier alpha value is -2.12. The van der Waals surface area contributed by atoms with Gasteiger partial charge in [-0.1, -0.05) is 0 Å². The smallest absolute Gasteiger partial charge is 0.296 e. The molecule has 114 valence electrons. The summed E-state index contributed by atoms with van der Waals surface area (Å²) >= 11 is 0. The maximum atomic E-state index is 11.2. The van der Waals surface area contributed by atoms with Crippen molar-refractivity contribution in [3.8, 4) is 5.75 Å². The highest BCUT2D eigenvalue weighted by molar-refractivity contribution is 5.90. The molecule has 2 N–H and O–H groups in total. The molecular formula is C14H18N2O5. The van der Waals surface area contributed by atoms with Gasteiger partial charge in [-0.3, -0.25) is 10.1 Å². The van der Waals surface area contributed by atoms with Crippen molar-refractivity contribution in [3.05, 3.63) is 34.0 Å². The first-order valence-corrected chi connectivity index (χ1v) is 6.63. The van der Waals surface area contributed by atoms with Gasteiger partial charge < -0.3 is 19.6 Å². The number of ether oxygens (including phenoxy) is 2. The minimum Gasteiger partial charge on any atom is -0.493 e. The van der Waals surface area contributed by atoms with Crippen LogP contribution in [0.1, 0.15) is 25.1 Å². The summed E-state index contributed by atoms with van der Waals surface area (Å²) in [5.74, 6) is 0.432. The monoisotopic (exact) mass is 294 g/mol. The summed E-state index contributed by atoms with van der Waals surface area (Å²) in [4.78, 5) is 13.6. The van der Waals surface area contributed by atoms with E-state index in [1.54, 1.807) is 26.2 Å². The highest BCUT2D eigenvalue weighted by Crippen LogP contribution is 2.32. The Kier molecular flexibility index (Phi) is 4.77. The molecule has 2 rings (SSSR count). The summed E-state index contributed by atoms with van der Waals surface area (Å²) in [7, 11) is 1.61. The highest BCUT2D eigenvalue weighted by Gasteiger charge is 2.18. The van der Waals surface area contributed by atoms with Gasteiger partial charge in [0.2, 0.25) is 0 Å². The van der Waals surface area contributed by atoms with Crippen LogP contribution in [0.3, 0.4) is 0 Å². The molecule has 0 saturated carbocycles. The molecule has 0 aliphatic carbocycles. The van der Waals surface area contributed by atoms with Crippen LogP contribution in [0.5, 0.6) is 5.75 Å². The SMILES string of the molecule is COCCCOc1cc([N+](=O)[O-])c2[nH]c(C(C)O)cc2c1. The minimum absolute atomic E-state index is 0.0684. The van der Waals surface area contributed by atoms with Crippen molar-refractivity contribution in [1.29, 1.82) is 0 Å². The maximum Gasteiger partial charge on any atom is 0.296 e. The Bertz CT molecular complexity index is 636. The molecule has 7 nitrogen and oxygen atoms in total. The van der Waals surface area contributed by atoms with Crippen LogP contribution in [-0.4, -0.2) is 35.3 Å². The van der Waals surface area contributed by atoms with Crippen molar-refractivity contribution in [2.75, 3.05) is 20.3 Å². The molecule has 0 amide bonds. The number of nitro benzene ring substituents is 1. The fraction of sp³-hybridized carbons (Fsp3) is 0.429. The molecule has 0 aliphatic rings. The first-order chi connectivity index (χ1) is 10.0. The van der Waals surface area contributed by atoms with E-state index in [4.69, 9.17) is 9.47 Å². The topological polar surface area (TPSA) is 97.6 Å². The van der Waals surface area contributed by atoms with E-state index >= 15 is 0 Å². The minimum atomic E-state index is -0.719. The molecule has 2 aromatic rings. The number of hydrogen-bond acceptors (Lipinski definition) is 5. The molecule has 1 atom stereocenters. The summed E-state index contributed by atoms with van der Waals surface area (Å²) in [6, 6.07) is 4.80. The van der Waals surface area contributed by atoms with Crippen molar-refractivity contribution in [2.45, 2.75) is 19.4 Å². The summed E-state index contributed by atoms with van der Waals surface area (Å²) in [6.07, 6.45) is -0.0166. The van der Waals surface area contributed by atoms with Gasteiger partial charge in [0, 0.05) is 31.2 Å². The van der Waals surface area contributed by atoms with E-state index in [2.05, 4.69) is 4.98 Å². The van der Waals surface area contributed by atoms with E-state index in [9.17, 15) is 15.2 Å². The van der Waals surface area contributed by atoms with Gasteiger partial charge >= 0.3 is 0 Å². The zero-order valence-electron chi connectivity index (χ0n) is 12.0. The van der Waals surface area contributed by atoms with Crippen LogP contribution in [-0.2, 0) is 4.74 Å². The average molecular weight is 294 g/mol. The lowest BCUT2D eigenvalue weighted by Gasteiger charge is -2.06. The summed E-state index contributed by atoms with van der Waals surface area (Å²) in [6.45, 7) is 2.59. The molecule has 1 heterocycles. The van der Waals surface area contributed by atoms with Crippen LogP contribution < -0.4 is 4.74 Å². The third-order valence-electron chi connectivity index (χ3n) is 3.11. The number of nitrogens with one attached hydrogen (secondary N) is 1. The fourth-order valence-corrected chi connectivity index (χ4v) is 2.07. The van der Waals surface area contributed by atoms with Crippen molar-refractivity contribution < 1.29 is 19.5 Å². The Morgan fingerprint density at radius 1 is 1.38 bits per heavy atom. The number of methoxy groups -OCH3 is 1. The summed E-state index contributed by atoms with van der Waals surface area (Å²) in [5, 5.41) is 21.4. The molecule has 1 aromatic heterocycles. The molecule has 21 heavy (non-hydrogen) atoms. The third kappa shape index (κ3) is 3.50. The van der Waals surface area contributed by atoms with E-state index in [0.717, 1.165) is 0 Å². The molecule has 0 aliphatic heterocycles. The Labute approximate surface area is 121 Å². The van der Waals surface area contributed by atoms with Gasteiger partial charge in [0.25, 0.3) is 5.69 Å². The molecule has 0 saturated heterocycles. The number of nitro groups is 1. The summed E-state index contributed by atoms with van der Waals surface area (Å²) in [5.41, 5.74) is 0.853. The van der Waals surface area contributed by atoms with Crippen LogP contribution >= 0.6 is 0 Å². The van der Waals surface area contributed by atoms with Crippen molar-refractivity contribution in [3.63, 3.8) is 0 Å². The number of fused-ring (bicyclic) bond motifs is 1. The first kappa shape index (κ1) is 15.3. The number of H-pyrrole nitrogens is 1. The van der Waals surface area contributed by atoms with Crippen LogP contribution in [0.15, 0.2) is 18.2 Å². The van der Waals surface area contributed by atoms with E-state index < -0.39 is 11.0 Å². The van der Waals surface area contributed by atoms with Crippen molar-refractivity contribution in [2.24, 2.45) is 0 Å². The predicted molar refractivity (Wildman–Crippen MR) is 77.6 cm³/mol. The second-order valence-corrected chi connectivity index (χ2v) is 4.76. The second kappa shape index (κ2) is 6.55. The highest BCUT2D eigenvalue weighted by atomic mass is 16.6. The fourth-order valence-electron chi connectivity index (χ4n) is 2.07. The molecule has 0 spiro atoms. The van der Waals surface area contributed by atoms with Crippen LogP contribution in [0, 0.1) is 10.1 Å². The normalized spacial score (nSPS) is 12.5. The Balaban J connectivity index is 2.33. The van der Waals surface area contributed by atoms with Crippen molar-refractivity contribution >= 4 is 16.6 Å². The number of hydrogen-bond donors (Lipinski definition) is 2. The molecule has 7 heteroatoms. The standard InChI is InChI=1S/C14H18N2O5/c1-9(17)12-7-10-6-11(21-5-3-4-20-2)8-13(16(18)19)14(10)15-12/h6-9,15,17H,3-5H2,1-2H3. The number of benzene rings is 1. The van der Waals surface area contributed by atoms with Gasteiger partial charge in [0.1, 0.15) is 11.3 Å². The third-order valence-corrected chi connectivity index (χ3v) is 3.11. The van der Waals surface area contributed by atoms with Gasteiger partial charge in [-0.05, 0) is 19.1 Å². The molecule has 1 unspecified atom stereocenters. The lowest BCUT2D eigenvalue weighted by Crippen LogP contribution is -2.01. The van der Waals surface area contributed by atoms with Crippen LogP contribution in [0.4, 0.5) is 5.69 Å². The zero-order valence-corrected chi connectivity index (χ0v) is 12.0. The molecular weight excluding hydrogens is 276 g/mol. The number of aromatic amines is 1. The number of nitrogens with zero attached hydrogens (tertiary/aromatic N) is 1. The molecule has 1 aromatic carbocycles. The lowest BCUT2D eigenvalue weighted by molar-refractivity contribution is -0.383. The Morgan fingerprint density at radius 3 is 2.76 bits per heavy atom. The molecule has 0 bridgehead atoms. The number of aromatic nitrogens is 1. The number of non-ortho nitro benzene ring substituents is 1. The predicted octanol–water partition coefficient (Wildman–Crippen LogP) is 2.54. The van der Waals surface area contributed by atoms with E-state index in [1.165, 1.54) is 6.07 Å². The Morgan fingerprint density at radius 2 is 2.14 bits per heavy atom. The van der Waals surface area contributed by atoms with Gasteiger partial charge in [-0.2, -0.15) is 0 Å². The van der Waals surface area contributed by atoms with Gasteiger partial charge in [0.05, 0.1) is 23.7 Å². The quantitative estimate of drug-likeness (QED) is 0.464. The van der Waals surface area contributed by atoms with Gasteiger partial charge in [0.15, 0.2) is 0 Å². The first-order valence-electron chi connectivity index (χ1n) is 6.63. The summed E-state index contributed by atoms with van der Waals surface area (Å²) < 4.78 is 10.4. The van der Waals surface area contributed by atoms with E-state index in [0.29, 0.717) is 42.0 Å². The number of rotatable bonds is 7. The molecule has 0 fully saturated rings. The van der Waals surface area contributed by atoms with Gasteiger partial charge in [-0.15, -0.1) is 0 Å². The van der Waals surface area contributed by atoms with Crippen LogP contribution in [0.2, 0.25) is 0 Å². The number of aliphatic hydroxyl groups excluding tert-OH is 1. The zero-order chi connectivity index (χ0) is 15.4. The number of aliphatic hydroxyl groups is 1. The van der Waals surface area contributed by atoms with E-state index in [-0.39, 0.29) is 5.69 Å². The van der Waals surface area contributed by atoms with Crippen molar-refractivity contribution in [1.82, 2.24) is 4.98 Å². The van der Waals surface area contributed by atoms with Crippen LogP contribution in [0.25, 0.3) is 10.9 Å². The molecule has 0 radical (unpaired) electrons. The average Bonchev–Trinajstić information content (AvgIpc) is 2.86. The van der Waals surface area contributed by atoms with Gasteiger partial charge in [-0.25, -0.2) is 0 Å². The second-order valence-electron chi connectivity index (χ2n) is 4.76. The maximum absolute atomic E-state index is 11.2. The lowest BCUT2D eigenvalue weighted by atomic mass is 10.2.